The minimum Gasteiger partial charge on any atom is -0.456 e. The molecule has 210 valence electrons. The minimum atomic E-state index is -0.435. The van der Waals surface area contributed by atoms with E-state index in [4.69, 9.17) is 4.74 Å². The molecule has 3 amide bonds. The first kappa shape index (κ1) is 26.9. The van der Waals surface area contributed by atoms with Crippen molar-refractivity contribution in [3.8, 4) is 0 Å². The smallest absolute Gasteiger partial charge is 0.306 e. The summed E-state index contributed by atoms with van der Waals surface area (Å²) >= 11 is 0. The molecule has 0 aromatic heterocycles. The molecule has 7 nitrogen and oxygen atoms in total. The quantitative estimate of drug-likeness (QED) is 0.213. The zero-order valence-electron chi connectivity index (χ0n) is 23.2. The van der Waals surface area contributed by atoms with Gasteiger partial charge in [0.2, 0.25) is 11.8 Å². The van der Waals surface area contributed by atoms with Crippen LogP contribution in [0.25, 0.3) is 0 Å². The van der Waals surface area contributed by atoms with Crippen LogP contribution in [0.3, 0.4) is 0 Å². The van der Waals surface area contributed by atoms with E-state index in [2.05, 4.69) is 29.6 Å². The Bertz CT molecular complexity index is 1400. The number of nitrogens with one attached hydrogen (secondary N) is 1. The van der Waals surface area contributed by atoms with Crippen LogP contribution in [0.1, 0.15) is 72.3 Å². The number of anilines is 1. The van der Waals surface area contributed by atoms with Gasteiger partial charge in [0.15, 0.2) is 6.61 Å². The number of likely N-dealkylation sites (tertiary alicyclic amines) is 1. The molecule has 1 heterocycles. The number of hydrogen-bond donors (Lipinski definition) is 1. The van der Waals surface area contributed by atoms with Crippen molar-refractivity contribution in [1.82, 2.24) is 4.90 Å². The van der Waals surface area contributed by atoms with Crippen LogP contribution in [0.15, 0.2) is 72.8 Å². The molecule has 0 radical (unpaired) electrons. The highest BCUT2D eigenvalue weighted by atomic mass is 16.5. The molecule has 7 heteroatoms. The van der Waals surface area contributed by atoms with Crippen molar-refractivity contribution < 1.29 is 23.9 Å². The van der Waals surface area contributed by atoms with Crippen molar-refractivity contribution >= 4 is 29.4 Å². The second kappa shape index (κ2) is 11.3. The third-order valence-electron chi connectivity index (χ3n) is 8.84. The predicted octanol–water partition coefficient (Wildman–Crippen LogP) is 5.18. The first-order valence-electron chi connectivity index (χ1n) is 14.6. The molecule has 41 heavy (non-hydrogen) atoms. The van der Waals surface area contributed by atoms with Crippen molar-refractivity contribution in [3.05, 3.63) is 101 Å². The molecule has 3 aromatic rings. The number of unbranched alkanes of at least 4 members (excludes halogenated alkanes) is 2. The van der Waals surface area contributed by atoms with Crippen LogP contribution in [-0.2, 0) is 30.3 Å². The maximum atomic E-state index is 13.6. The molecule has 0 unspecified atom stereocenters. The highest BCUT2D eigenvalue weighted by Gasteiger charge is 2.61. The molecule has 7 rings (SSSR count). The molecule has 1 fully saturated rings. The standard InChI is InChI=1S/C34H34N2O5/c1-2-21-12-5-10-17-26(21)35-27(37)20-41-28(38)18-4-3-11-19-36-33(39)31-29-22-13-6-7-14-23(22)30(32(31)34(36)40)25-16-9-8-15-24(25)29/h5-10,12-17,29-32H,2-4,11,18-20H2,1H3,(H,35,37)/t29?,30?,31-,32-/m1/s1. The van der Waals surface area contributed by atoms with Crippen molar-refractivity contribution in [2.45, 2.75) is 50.9 Å². The Kier molecular flexibility index (Phi) is 7.43. The first-order chi connectivity index (χ1) is 20.0. The summed E-state index contributed by atoms with van der Waals surface area (Å²) < 4.78 is 5.15. The largest absolute Gasteiger partial charge is 0.456 e. The number of para-hydroxylation sites is 1. The lowest BCUT2D eigenvalue weighted by Crippen LogP contribution is -2.41. The van der Waals surface area contributed by atoms with Gasteiger partial charge < -0.3 is 10.1 Å². The number of amides is 3. The van der Waals surface area contributed by atoms with Gasteiger partial charge in [0.05, 0.1) is 11.8 Å². The summed E-state index contributed by atoms with van der Waals surface area (Å²) in [4.78, 5) is 53.2. The van der Waals surface area contributed by atoms with Crippen LogP contribution in [0.2, 0.25) is 0 Å². The van der Waals surface area contributed by atoms with E-state index in [1.807, 2.05) is 55.5 Å². The normalized spacial score (nSPS) is 21.7. The summed E-state index contributed by atoms with van der Waals surface area (Å²) in [6, 6.07) is 24.0. The summed E-state index contributed by atoms with van der Waals surface area (Å²) in [6.45, 7) is 2.03. The molecule has 4 aliphatic rings. The third-order valence-corrected chi connectivity index (χ3v) is 8.84. The molecule has 1 saturated heterocycles. The summed E-state index contributed by atoms with van der Waals surface area (Å²) in [7, 11) is 0. The van der Waals surface area contributed by atoms with E-state index in [1.54, 1.807) is 0 Å². The summed E-state index contributed by atoms with van der Waals surface area (Å²) in [5.74, 6) is -1.86. The van der Waals surface area contributed by atoms with E-state index < -0.39 is 5.97 Å². The van der Waals surface area contributed by atoms with E-state index >= 15 is 0 Å². The highest BCUT2D eigenvalue weighted by molar-refractivity contribution is 6.07. The number of carbonyl (C=O) groups is 4. The van der Waals surface area contributed by atoms with Crippen LogP contribution in [0, 0.1) is 11.8 Å². The number of hydrogen-bond acceptors (Lipinski definition) is 5. The average Bonchev–Trinajstić information content (AvgIpc) is 3.25. The first-order valence-corrected chi connectivity index (χ1v) is 14.6. The Morgan fingerprint density at radius 2 is 1.29 bits per heavy atom. The summed E-state index contributed by atoms with van der Waals surface area (Å²) in [5, 5.41) is 2.79. The SMILES string of the molecule is CCc1ccccc1NC(=O)COC(=O)CCCCCN1C(=O)[C@@H]2C3c4ccccc4C(c4ccccc43)[C@H]2C1=O. The molecule has 2 bridgehead atoms. The molecule has 3 aromatic carbocycles. The van der Waals surface area contributed by atoms with Gasteiger partial charge in [-0.15, -0.1) is 0 Å². The lowest BCUT2D eigenvalue weighted by Gasteiger charge is -2.45. The van der Waals surface area contributed by atoms with Gasteiger partial charge in [0.25, 0.3) is 5.91 Å². The van der Waals surface area contributed by atoms with Crippen LogP contribution < -0.4 is 5.32 Å². The maximum absolute atomic E-state index is 13.6. The number of carbonyl (C=O) groups excluding carboxylic acids is 4. The molecule has 3 aliphatic carbocycles. The van der Waals surface area contributed by atoms with E-state index in [0.717, 1.165) is 17.7 Å². The minimum absolute atomic E-state index is 0.0749. The molecule has 1 N–H and O–H groups in total. The number of rotatable bonds is 10. The Balaban J connectivity index is 0.997. The number of nitrogens with zero attached hydrogens (tertiary/aromatic N) is 1. The van der Waals surface area contributed by atoms with E-state index in [-0.39, 0.29) is 54.4 Å². The fourth-order valence-corrected chi connectivity index (χ4v) is 7.03. The predicted molar refractivity (Wildman–Crippen MR) is 154 cm³/mol. The molecule has 0 saturated carbocycles. The third kappa shape index (κ3) is 4.83. The molecule has 2 atom stereocenters. The van der Waals surface area contributed by atoms with Gasteiger partial charge in [-0.2, -0.15) is 0 Å². The molecule has 1 aliphatic heterocycles. The monoisotopic (exact) mass is 550 g/mol. The molecule has 0 spiro atoms. The topological polar surface area (TPSA) is 92.8 Å². The van der Waals surface area contributed by atoms with Gasteiger partial charge in [-0.1, -0.05) is 80.1 Å². The maximum Gasteiger partial charge on any atom is 0.306 e. The van der Waals surface area contributed by atoms with Crippen molar-refractivity contribution in [3.63, 3.8) is 0 Å². The van der Waals surface area contributed by atoms with E-state index in [9.17, 15) is 19.2 Å². The zero-order chi connectivity index (χ0) is 28.5. The zero-order valence-corrected chi connectivity index (χ0v) is 23.2. The Morgan fingerprint density at radius 3 is 1.85 bits per heavy atom. The van der Waals surface area contributed by atoms with Gasteiger partial charge in [-0.05, 0) is 53.1 Å². The van der Waals surface area contributed by atoms with Gasteiger partial charge in [0, 0.05) is 30.5 Å². The Hall–Kier alpha value is -4.26. The van der Waals surface area contributed by atoms with Crippen LogP contribution >= 0.6 is 0 Å². The van der Waals surface area contributed by atoms with E-state index in [1.165, 1.54) is 27.2 Å². The fourth-order valence-electron chi connectivity index (χ4n) is 7.03. The Morgan fingerprint density at radius 1 is 0.756 bits per heavy atom. The van der Waals surface area contributed by atoms with Gasteiger partial charge in [0.1, 0.15) is 0 Å². The van der Waals surface area contributed by atoms with Crippen LogP contribution in [0.5, 0.6) is 0 Å². The number of esters is 1. The number of imide groups is 1. The van der Waals surface area contributed by atoms with Crippen LogP contribution in [-0.4, -0.2) is 41.7 Å². The molecular weight excluding hydrogens is 516 g/mol. The van der Waals surface area contributed by atoms with Gasteiger partial charge in [-0.25, -0.2) is 0 Å². The summed E-state index contributed by atoms with van der Waals surface area (Å²) in [6.07, 6.45) is 2.82. The summed E-state index contributed by atoms with van der Waals surface area (Å²) in [5.41, 5.74) is 6.42. The van der Waals surface area contributed by atoms with Gasteiger partial charge in [-0.3, -0.25) is 24.1 Å². The van der Waals surface area contributed by atoms with Gasteiger partial charge >= 0.3 is 5.97 Å². The van der Waals surface area contributed by atoms with Crippen molar-refractivity contribution in [2.24, 2.45) is 11.8 Å². The lowest BCUT2D eigenvalue weighted by molar-refractivity contribution is -0.147. The Labute approximate surface area is 239 Å². The second-order valence-corrected chi connectivity index (χ2v) is 11.1. The second-order valence-electron chi connectivity index (χ2n) is 11.1. The van der Waals surface area contributed by atoms with Crippen LogP contribution in [0.4, 0.5) is 5.69 Å². The fraction of sp³-hybridized carbons (Fsp3) is 0.353. The van der Waals surface area contributed by atoms with E-state index in [0.29, 0.717) is 25.8 Å². The van der Waals surface area contributed by atoms with Crippen molar-refractivity contribution in [1.29, 1.82) is 0 Å². The lowest BCUT2D eigenvalue weighted by atomic mass is 9.55. The number of ether oxygens (including phenoxy) is 1. The average molecular weight is 551 g/mol. The number of benzene rings is 3. The highest BCUT2D eigenvalue weighted by Crippen LogP contribution is 2.60. The van der Waals surface area contributed by atoms with Crippen molar-refractivity contribution in [2.75, 3.05) is 18.5 Å². The molecular formula is C34H34N2O5. The number of aryl methyl sites for hydroxylation is 1.